The van der Waals surface area contributed by atoms with E-state index in [9.17, 15) is 4.79 Å². The van der Waals surface area contributed by atoms with Crippen molar-refractivity contribution in [1.82, 2.24) is 9.97 Å². The van der Waals surface area contributed by atoms with Crippen LogP contribution in [0.25, 0.3) is 10.2 Å². The zero-order valence-electron chi connectivity index (χ0n) is 16.9. The first-order chi connectivity index (χ1) is 14.6. The van der Waals surface area contributed by atoms with E-state index in [1.165, 1.54) is 33.3 Å². The van der Waals surface area contributed by atoms with E-state index < -0.39 is 0 Å². The average molecular weight is 432 g/mol. The second-order valence-electron chi connectivity index (χ2n) is 7.42. The van der Waals surface area contributed by atoms with Crippen molar-refractivity contribution >= 4 is 50.6 Å². The highest BCUT2D eigenvalue weighted by molar-refractivity contribution is 8.00. The van der Waals surface area contributed by atoms with E-state index in [1.807, 2.05) is 29.2 Å². The van der Waals surface area contributed by atoms with Crippen LogP contribution in [0.4, 0.5) is 11.4 Å². The van der Waals surface area contributed by atoms with Crippen LogP contribution in [0.15, 0.2) is 59.9 Å². The first-order valence-electron chi connectivity index (χ1n) is 9.95. The van der Waals surface area contributed by atoms with Gasteiger partial charge in [0.25, 0.3) is 0 Å². The summed E-state index contributed by atoms with van der Waals surface area (Å²) in [5, 5.41) is 1.96. The van der Waals surface area contributed by atoms with Gasteiger partial charge in [0.15, 0.2) is 0 Å². The number of carbonyl (C=O) groups excluding carboxylic acids is 1. The molecule has 4 nitrogen and oxygen atoms in total. The van der Waals surface area contributed by atoms with Crippen molar-refractivity contribution in [3.63, 3.8) is 0 Å². The third kappa shape index (κ3) is 3.30. The molecular weight excluding hydrogens is 410 g/mol. The molecule has 0 aliphatic carbocycles. The van der Waals surface area contributed by atoms with E-state index in [4.69, 9.17) is 0 Å². The first-order valence-corrected chi connectivity index (χ1v) is 11.8. The number of thiophene rings is 1. The van der Waals surface area contributed by atoms with E-state index in [2.05, 4.69) is 48.1 Å². The standard InChI is InChI=1S/C24H21N3OS2/c1-15-16(2)30-24-22(15)23(25-14-26-24)29-13-21(28)27-19-9-5-3-7-17(19)11-12-18-8-4-6-10-20(18)27/h3-10,14H,11-13H2,1-2H3. The highest BCUT2D eigenvalue weighted by Crippen LogP contribution is 2.38. The molecular formula is C24H21N3OS2. The number of para-hydroxylation sites is 2. The van der Waals surface area contributed by atoms with Crippen LogP contribution in [0.1, 0.15) is 21.6 Å². The normalized spacial score (nSPS) is 13.1. The van der Waals surface area contributed by atoms with E-state index in [0.29, 0.717) is 5.75 Å². The summed E-state index contributed by atoms with van der Waals surface area (Å²) in [4.78, 5) is 26.6. The number of rotatable bonds is 3. The molecule has 1 aliphatic heterocycles. The summed E-state index contributed by atoms with van der Waals surface area (Å²) in [5.41, 5.74) is 5.60. The number of amides is 1. The molecule has 0 atom stereocenters. The summed E-state index contributed by atoms with van der Waals surface area (Å²) in [5.74, 6) is 0.390. The van der Waals surface area contributed by atoms with E-state index in [1.54, 1.807) is 17.7 Å². The third-order valence-electron chi connectivity index (χ3n) is 5.64. The maximum Gasteiger partial charge on any atom is 0.241 e. The van der Waals surface area contributed by atoms with Crippen molar-refractivity contribution < 1.29 is 4.79 Å². The van der Waals surface area contributed by atoms with Crippen LogP contribution in [0.3, 0.4) is 0 Å². The fraction of sp³-hybridized carbons (Fsp3) is 0.208. The minimum atomic E-state index is 0.0677. The number of benzene rings is 2. The number of anilines is 2. The van der Waals surface area contributed by atoms with Crippen LogP contribution < -0.4 is 4.90 Å². The number of thioether (sulfide) groups is 1. The van der Waals surface area contributed by atoms with Gasteiger partial charge in [0, 0.05) is 10.3 Å². The van der Waals surface area contributed by atoms with Gasteiger partial charge in [-0.2, -0.15) is 0 Å². The third-order valence-corrected chi connectivity index (χ3v) is 7.73. The van der Waals surface area contributed by atoms with E-state index >= 15 is 0 Å². The number of aryl methyl sites for hydroxylation is 4. The summed E-state index contributed by atoms with van der Waals surface area (Å²) in [6.45, 7) is 4.21. The Kier molecular flexibility index (Phi) is 5.05. The van der Waals surface area contributed by atoms with Gasteiger partial charge in [0.2, 0.25) is 5.91 Å². The second-order valence-corrected chi connectivity index (χ2v) is 9.58. The number of fused-ring (bicyclic) bond motifs is 3. The van der Waals surface area contributed by atoms with E-state index in [0.717, 1.165) is 39.5 Å². The number of nitrogens with zero attached hydrogens (tertiary/aromatic N) is 3. The Morgan fingerprint density at radius 1 is 1.00 bits per heavy atom. The Morgan fingerprint density at radius 2 is 1.63 bits per heavy atom. The molecule has 0 unspecified atom stereocenters. The first kappa shape index (κ1) is 19.3. The smallest absolute Gasteiger partial charge is 0.241 e. The fourth-order valence-corrected chi connectivity index (χ4v) is 5.97. The molecule has 0 saturated heterocycles. The van der Waals surface area contributed by atoms with Crippen molar-refractivity contribution in [3.05, 3.63) is 76.4 Å². The molecule has 4 aromatic rings. The van der Waals surface area contributed by atoms with Gasteiger partial charge in [0.05, 0.1) is 17.1 Å². The highest BCUT2D eigenvalue weighted by atomic mass is 32.2. The molecule has 6 heteroatoms. The zero-order valence-corrected chi connectivity index (χ0v) is 18.5. The molecule has 0 N–H and O–H groups in total. The Balaban J connectivity index is 1.50. The van der Waals surface area contributed by atoms with Gasteiger partial charge in [-0.1, -0.05) is 48.2 Å². The Morgan fingerprint density at radius 3 is 2.30 bits per heavy atom. The lowest BCUT2D eigenvalue weighted by molar-refractivity contribution is -0.115. The SMILES string of the molecule is Cc1sc2ncnc(SCC(=O)N3c4ccccc4CCc4ccccc43)c2c1C. The lowest BCUT2D eigenvalue weighted by Gasteiger charge is -2.25. The van der Waals surface area contributed by atoms with Crippen LogP contribution >= 0.6 is 23.1 Å². The van der Waals surface area contributed by atoms with Crippen LogP contribution in [-0.2, 0) is 17.6 Å². The van der Waals surface area contributed by atoms with E-state index in [-0.39, 0.29) is 5.91 Å². The molecule has 0 fully saturated rings. The maximum atomic E-state index is 13.5. The van der Waals surface area contributed by atoms with Crippen molar-refractivity contribution in [3.8, 4) is 0 Å². The summed E-state index contributed by atoms with van der Waals surface area (Å²) >= 11 is 3.18. The quantitative estimate of drug-likeness (QED) is 0.301. The molecule has 0 saturated carbocycles. The van der Waals surface area contributed by atoms with Gasteiger partial charge in [0.1, 0.15) is 16.2 Å². The second kappa shape index (κ2) is 7.85. The zero-order chi connectivity index (χ0) is 20.7. The van der Waals surface area contributed by atoms with Crippen LogP contribution in [0.2, 0.25) is 0 Å². The van der Waals surface area contributed by atoms with Crippen LogP contribution in [0.5, 0.6) is 0 Å². The molecule has 30 heavy (non-hydrogen) atoms. The predicted octanol–water partition coefficient (Wildman–Crippen LogP) is 5.86. The van der Waals surface area contributed by atoms with Crippen molar-refractivity contribution in [2.24, 2.45) is 0 Å². The van der Waals surface area contributed by atoms with Gasteiger partial charge in [-0.05, 0) is 55.5 Å². The Hall–Kier alpha value is -2.70. The fourth-order valence-electron chi connectivity index (χ4n) is 4.00. The monoisotopic (exact) mass is 431 g/mol. The van der Waals surface area contributed by atoms with Crippen LogP contribution in [-0.4, -0.2) is 21.6 Å². The molecule has 0 radical (unpaired) electrons. The Bertz CT molecular complexity index is 1220. The summed E-state index contributed by atoms with van der Waals surface area (Å²) < 4.78 is 0. The molecule has 1 aliphatic rings. The maximum absolute atomic E-state index is 13.5. The average Bonchev–Trinajstić information content (AvgIpc) is 2.96. The predicted molar refractivity (Wildman–Crippen MR) is 125 cm³/mol. The lowest BCUT2D eigenvalue weighted by atomic mass is 10.0. The molecule has 3 heterocycles. The molecule has 1 amide bonds. The van der Waals surface area contributed by atoms with Crippen molar-refractivity contribution in [2.75, 3.05) is 10.7 Å². The van der Waals surface area contributed by atoms with Gasteiger partial charge in [-0.25, -0.2) is 9.97 Å². The number of aromatic nitrogens is 2. The Labute approximate surface area is 184 Å². The lowest BCUT2D eigenvalue weighted by Crippen LogP contribution is -2.28. The minimum absolute atomic E-state index is 0.0677. The molecule has 5 rings (SSSR count). The largest absolute Gasteiger partial charge is 0.280 e. The number of hydrogen-bond donors (Lipinski definition) is 0. The number of carbonyl (C=O) groups is 1. The summed E-state index contributed by atoms with van der Waals surface area (Å²) in [7, 11) is 0. The molecule has 0 bridgehead atoms. The van der Waals surface area contributed by atoms with Gasteiger partial charge in [-0.15, -0.1) is 11.3 Å². The molecule has 2 aromatic heterocycles. The molecule has 150 valence electrons. The van der Waals surface area contributed by atoms with Gasteiger partial charge in [-0.3, -0.25) is 9.69 Å². The topological polar surface area (TPSA) is 46.1 Å². The number of hydrogen-bond acceptors (Lipinski definition) is 5. The van der Waals surface area contributed by atoms with Crippen molar-refractivity contribution in [1.29, 1.82) is 0 Å². The summed E-state index contributed by atoms with van der Waals surface area (Å²) in [6, 6.07) is 16.5. The molecule has 2 aromatic carbocycles. The highest BCUT2D eigenvalue weighted by Gasteiger charge is 2.26. The van der Waals surface area contributed by atoms with Gasteiger partial charge >= 0.3 is 0 Å². The molecule has 0 spiro atoms. The van der Waals surface area contributed by atoms with Crippen LogP contribution in [0, 0.1) is 13.8 Å². The minimum Gasteiger partial charge on any atom is -0.280 e. The van der Waals surface area contributed by atoms with Gasteiger partial charge < -0.3 is 0 Å². The van der Waals surface area contributed by atoms with Crippen molar-refractivity contribution in [2.45, 2.75) is 31.7 Å². The summed E-state index contributed by atoms with van der Waals surface area (Å²) in [6.07, 6.45) is 3.47.